The van der Waals surface area contributed by atoms with Gasteiger partial charge in [-0.25, -0.2) is 0 Å². The predicted octanol–water partition coefficient (Wildman–Crippen LogP) is 21.6. The number of carbonyl (C=O) groups is 3. The molecule has 6 heteroatoms. The summed E-state index contributed by atoms with van der Waals surface area (Å²) >= 11 is 0. The molecular weight excluding hydrogens is 889 g/mol. The second-order valence-electron chi connectivity index (χ2n) is 21.7. The van der Waals surface area contributed by atoms with Crippen LogP contribution < -0.4 is 0 Å². The number of ether oxygens (including phenoxy) is 3. The highest BCUT2D eigenvalue weighted by molar-refractivity contribution is 5.71. The Morgan fingerprint density at radius 2 is 0.500 bits per heavy atom. The van der Waals surface area contributed by atoms with Gasteiger partial charge in [0.1, 0.15) is 13.2 Å². The fourth-order valence-electron chi connectivity index (χ4n) is 9.53. The Kier molecular flexibility index (Phi) is 59.2. The first-order chi connectivity index (χ1) is 35.5. The summed E-state index contributed by atoms with van der Waals surface area (Å²) in [6.45, 7) is 6.66. The zero-order chi connectivity index (χ0) is 52.2. The van der Waals surface area contributed by atoms with Crippen LogP contribution in [0.25, 0.3) is 0 Å². The van der Waals surface area contributed by atoms with Gasteiger partial charge in [0.05, 0.1) is 0 Å². The molecule has 1 atom stereocenters. The Morgan fingerprint density at radius 1 is 0.278 bits per heavy atom. The molecule has 0 spiro atoms. The zero-order valence-electron chi connectivity index (χ0n) is 48.5. The van der Waals surface area contributed by atoms with Crippen LogP contribution in [0.5, 0.6) is 0 Å². The van der Waals surface area contributed by atoms with Crippen LogP contribution in [-0.2, 0) is 28.6 Å². The van der Waals surface area contributed by atoms with E-state index in [-0.39, 0.29) is 31.1 Å². The maximum Gasteiger partial charge on any atom is 0.306 e. The Morgan fingerprint density at radius 3 is 0.792 bits per heavy atom. The monoisotopic (exact) mass is 1010 g/mol. The minimum Gasteiger partial charge on any atom is -0.462 e. The van der Waals surface area contributed by atoms with Crippen molar-refractivity contribution in [3.63, 3.8) is 0 Å². The van der Waals surface area contributed by atoms with E-state index in [0.717, 1.165) is 89.9 Å². The molecule has 0 aliphatic heterocycles. The first-order valence-electron chi connectivity index (χ1n) is 32.0. The van der Waals surface area contributed by atoms with Crippen molar-refractivity contribution in [3.8, 4) is 0 Å². The fourth-order valence-corrected chi connectivity index (χ4v) is 9.53. The summed E-state index contributed by atoms with van der Waals surface area (Å²) in [7, 11) is 0. The summed E-state index contributed by atoms with van der Waals surface area (Å²) < 4.78 is 16.9. The van der Waals surface area contributed by atoms with Gasteiger partial charge in [-0.1, -0.05) is 288 Å². The van der Waals surface area contributed by atoms with E-state index in [1.54, 1.807) is 0 Å². The third kappa shape index (κ3) is 58.5. The van der Waals surface area contributed by atoms with Crippen molar-refractivity contribution in [3.05, 3.63) is 36.5 Å². The lowest BCUT2D eigenvalue weighted by Gasteiger charge is -2.18. The van der Waals surface area contributed by atoms with Gasteiger partial charge in [0.25, 0.3) is 0 Å². The van der Waals surface area contributed by atoms with Crippen molar-refractivity contribution in [2.75, 3.05) is 13.2 Å². The Labute approximate surface area is 448 Å². The summed E-state index contributed by atoms with van der Waals surface area (Å²) in [5.74, 6) is -0.877. The van der Waals surface area contributed by atoms with Gasteiger partial charge in [0.2, 0.25) is 0 Å². The van der Waals surface area contributed by atoms with Crippen molar-refractivity contribution in [1.29, 1.82) is 0 Å². The quantitative estimate of drug-likeness (QED) is 0.0261. The number of carbonyl (C=O) groups excluding carboxylic acids is 3. The number of allylic oxidation sites excluding steroid dienone is 6. The summed E-state index contributed by atoms with van der Waals surface area (Å²) in [5, 5.41) is 0. The lowest BCUT2D eigenvalue weighted by Crippen LogP contribution is -2.30. The molecule has 0 aliphatic rings. The van der Waals surface area contributed by atoms with E-state index < -0.39 is 6.10 Å². The van der Waals surface area contributed by atoms with Crippen molar-refractivity contribution in [1.82, 2.24) is 0 Å². The summed E-state index contributed by atoms with van der Waals surface area (Å²) in [6.07, 6.45) is 74.4. The lowest BCUT2D eigenvalue weighted by atomic mass is 10.0. The molecule has 0 heterocycles. The Balaban J connectivity index is 4.29. The molecule has 0 N–H and O–H groups in total. The van der Waals surface area contributed by atoms with Gasteiger partial charge in [0.15, 0.2) is 6.10 Å². The highest BCUT2D eigenvalue weighted by Crippen LogP contribution is 2.17. The molecule has 0 rings (SSSR count). The van der Waals surface area contributed by atoms with Gasteiger partial charge < -0.3 is 14.2 Å². The smallest absolute Gasteiger partial charge is 0.306 e. The predicted molar refractivity (Wildman–Crippen MR) is 312 cm³/mol. The molecule has 0 saturated heterocycles. The SMILES string of the molecule is CCCCCC/C=C\C/C=C\CCCCCCCC(=O)OC(COC(=O)CCCCCCC/C=C\CCCCCCCC)COC(=O)CCCCCCCCCCCCCCCCCCCCCCCCC. The van der Waals surface area contributed by atoms with Crippen LogP contribution in [0, 0.1) is 0 Å². The first-order valence-corrected chi connectivity index (χ1v) is 32.0. The lowest BCUT2D eigenvalue weighted by molar-refractivity contribution is -0.167. The van der Waals surface area contributed by atoms with E-state index in [4.69, 9.17) is 14.2 Å². The van der Waals surface area contributed by atoms with Gasteiger partial charge in [-0.2, -0.15) is 0 Å². The molecule has 0 aromatic carbocycles. The molecule has 0 amide bonds. The van der Waals surface area contributed by atoms with Gasteiger partial charge in [-0.15, -0.1) is 0 Å². The van der Waals surface area contributed by atoms with Crippen molar-refractivity contribution in [2.24, 2.45) is 0 Å². The van der Waals surface area contributed by atoms with Crippen LogP contribution in [0.4, 0.5) is 0 Å². The van der Waals surface area contributed by atoms with Crippen LogP contribution in [0.3, 0.4) is 0 Å². The third-order valence-electron chi connectivity index (χ3n) is 14.4. The summed E-state index contributed by atoms with van der Waals surface area (Å²) in [5.41, 5.74) is 0. The van der Waals surface area contributed by atoms with Crippen LogP contribution in [0.2, 0.25) is 0 Å². The van der Waals surface area contributed by atoms with Crippen molar-refractivity contribution < 1.29 is 28.6 Å². The normalized spacial score (nSPS) is 12.2. The van der Waals surface area contributed by atoms with Crippen molar-refractivity contribution in [2.45, 2.75) is 354 Å². The molecule has 0 aromatic heterocycles. The minimum absolute atomic E-state index is 0.0765. The zero-order valence-corrected chi connectivity index (χ0v) is 48.5. The van der Waals surface area contributed by atoms with E-state index >= 15 is 0 Å². The maximum atomic E-state index is 12.9. The maximum absolute atomic E-state index is 12.9. The standard InChI is InChI=1S/C66H122O6/c1-4-7-10-13-16-19-22-25-28-30-31-32-33-34-35-36-39-41-44-47-50-53-56-59-65(68)71-62-63(61-70-64(67)58-55-52-49-46-43-40-37-27-24-21-18-15-12-9-6-3)72-66(69)60-57-54-51-48-45-42-38-29-26-23-20-17-14-11-8-5-2/h20,23,27,29,37-38,63H,4-19,21-22,24-26,28,30-36,39-62H2,1-3H3/b23-20-,37-27-,38-29-. The Hall–Kier alpha value is -2.37. The number of esters is 3. The molecule has 0 fully saturated rings. The van der Waals surface area contributed by atoms with E-state index in [9.17, 15) is 14.4 Å². The van der Waals surface area contributed by atoms with Gasteiger partial charge in [0, 0.05) is 19.3 Å². The third-order valence-corrected chi connectivity index (χ3v) is 14.4. The molecule has 0 radical (unpaired) electrons. The van der Waals surface area contributed by atoms with E-state index in [1.807, 2.05) is 0 Å². The number of unbranched alkanes of at least 4 members (excludes halogenated alkanes) is 42. The molecule has 0 aliphatic carbocycles. The molecule has 1 unspecified atom stereocenters. The van der Waals surface area contributed by atoms with E-state index in [0.29, 0.717) is 19.3 Å². The average Bonchev–Trinajstić information content (AvgIpc) is 3.38. The topological polar surface area (TPSA) is 78.9 Å². The van der Waals surface area contributed by atoms with Gasteiger partial charge in [-0.05, 0) is 77.0 Å². The fraction of sp³-hybridized carbons (Fsp3) is 0.864. The number of hydrogen-bond acceptors (Lipinski definition) is 6. The largest absolute Gasteiger partial charge is 0.462 e. The van der Waals surface area contributed by atoms with Crippen molar-refractivity contribution >= 4 is 17.9 Å². The first kappa shape index (κ1) is 69.6. The molecule has 72 heavy (non-hydrogen) atoms. The highest BCUT2D eigenvalue weighted by atomic mass is 16.6. The van der Waals surface area contributed by atoms with Crippen LogP contribution >= 0.6 is 0 Å². The van der Waals surface area contributed by atoms with Gasteiger partial charge >= 0.3 is 17.9 Å². The number of hydrogen-bond donors (Lipinski definition) is 0. The molecule has 0 aromatic rings. The van der Waals surface area contributed by atoms with E-state index in [1.165, 1.54) is 218 Å². The van der Waals surface area contributed by atoms with Crippen LogP contribution in [-0.4, -0.2) is 37.2 Å². The van der Waals surface area contributed by atoms with Crippen LogP contribution in [0.15, 0.2) is 36.5 Å². The summed E-state index contributed by atoms with van der Waals surface area (Å²) in [4.78, 5) is 38.3. The number of rotatable bonds is 59. The molecular formula is C66H122O6. The second kappa shape index (κ2) is 61.2. The summed E-state index contributed by atoms with van der Waals surface area (Å²) in [6, 6.07) is 0. The molecule has 422 valence electrons. The average molecular weight is 1010 g/mol. The van der Waals surface area contributed by atoms with Gasteiger partial charge in [-0.3, -0.25) is 14.4 Å². The Bertz CT molecular complexity index is 1210. The molecule has 6 nitrogen and oxygen atoms in total. The molecule has 0 saturated carbocycles. The highest BCUT2D eigenvalue weighted by Gasteiger charge is 2.19. The molecule has 0 bridgehead atoms. The second-order valence-corrected chi connectivity index (χ2v) is 21.7. The minimum atomic E-state index is -0.781. The van der Waals surface area contributed by atoms with E-state index in [2.05, 4.69) is 57.2 Å². The van der Waals surface area contributed by atoms with Crippen LogP contribution in [0.1, 0.15) is 348 Å².